The molecule has 0 atom stereocenters. The van der Waals surface area contributed by atoms with Gasteiger partial charge in [-0.2, -0.15) is 0 Å². The molecule has 1 heterocycles. The Morgan fingerprint density at radius 2 is 1.07 bits per heavy atom. The molecule has 0 fully saturated rings. The molecule has 0 radical (unpaired) electrons. The topological polar surface area (TPSA) is 65.7 Å². The van der Waals surface area contributed by atoms with Crippen LogP contribution in [0.1, 0.15) is 54.5 Å². The van der Waals surface area contributed by atoms with Gasteiger partial charge in [0.15, 0.2) is 0 Å². The molecule has 0 saturated carbocycles. The fourth-order valence-electron chi connectivity index (χ4n) is 3.70. The minimum absolute atomic E-state index is 0.250. The number of aryl methyl sites for hydroxylation is 4. The Labute approximate surface area is 170 Å². The lowest BCUT2D eigenvalue weighted by atomic mass is 9.92. The van der Waals surface area contributed by atoms with Gasteiger partial charge in [-0.3, -0.25) is 9.59 Å². The van der Waals surface area contributed by atoms with Gasteiger partial charge >= 0.3 is 0 Å². The van der Waals surface area contributed by atoms with Crippen LogP contribution in [0.5, 0.6) is 11.5 Å². The van der Waals surface area contributed by atoms with E-state index in [0.717, 1.165) is 11.1 Å². The standard InChI is InChI=1S/C24H24O5/c1-13-9-7-11-17(23(13)27-5)21(25)19-15(3)29-16(4)20(19)22(26)18-12-8-10-14(2)24(18)28-6/h7-12H,1-6H3. The second-order valence-corrected chi connectivity index (χ2v) is 6.93. The smallest absolute Gasteiger partial charge is 0.201 e. The maximum Gasteiger partial charge on any atom is 0.201 e. The van der Waals surface area contributed by atoms with Crippen molar-refractivity contribution in [1.29, 1.82) is 0 Å². The summed E-state index contributed by atoms with van der Waals surface area (Å²) < 4.78 is 16.6. The number of methoxy groups -OCH3 is 2. The molecule has 0 aliphatic rings. The van der Waals surface area contributed by atoms with Crippen LogP contribution in [0.3, 0.4) is 0 Å². The van der Waals surface area contributed by atoms with Crippen LogP contribution in [-0.4, -0.2) is 25.8 Å². The lowest BCUT2D eigenvalue weighted by Crippen LogP contribution is -2.13. The van der Waals surface area contributed by atoms with Gasteiger partial charge in [-0.1, -0.05) is 24.3 Å². The van der Waals surface area contributed by atoms with E-state index < -0.39 is 0 Å². The van der Waals surface area contributed by atoms with Crippen LogP contribution in [0.4, 0.5) is 0 Å². The van der Waals surface area contributed by atoms with Crippen LogP contribution in [0.15, 0.2) is 40.8 Å². The van der Waals surface area contributed by atoms with Gasteiger partial charge in [0.2, 0.25) is 11.6 Å². The number of benzene rings is 2. The predicted molar refractivity (Wildman–Crippen MR) is 111 cm³/mol. The summed E-state index contributed by atoms with van der Waals surface area (Å²) in [6.07, 6.45) is 0. The first-order valence-corrected chi connectivity index (χ1v) is 9.28. The molecule has 0 aliphatic carbocycles. The van der Waals surface area contributed by atoms with Crippen molar-refractivity contribution in [2.24, 2.45) is 0 Å². The number of hydrogen-bond donors (Lipinski definition) is 0. The molecule has 0 saturated heterocycles. The van der Waals surface area contributed by atoms with Gasteiger partial charge in [-0.15, -0.1) is 0 Å². The van der Waals surface area contributed by atoms with E-state index in [1.54, 1.807) is 38.1 Å². The molecule has 0 unspecified atom stereocenters. The van der Waals surface area contributed by atoms with Crippen molar-refractivity contribution in [3.8, 4) is 11.5 Å². The summed E-state index contributed by atoms with van der Waals surface area (Å²) in [4.78, 5) is 26.9. The second kappa shape index (κ2) is 7.95. The SMILES string of the molecule is COc1c(C)cccc1C(=O)c1c(C)oc(C)c1C(=O)c1cccc(C)c1OC. The lowest BCUT2D eigenvalue weighted by Gasteiger charge is -2.13. The summed E-state index contributed by atoms with van der Waals surface area (Å²) in [5.74, 6) is 1.14. The molecule has 5 nitrogen and oxygen atoms in total. The molecule has 5 heteroatoms. The Morgan fingerprint density at radius 3 is 1.41 bits per heavy atom. The molecule has 3 aromatic rings. The monoisotopic (exact) mass is 392 g/mol. The van der Waals surface area contributed by atoms with Crippen LogP contribution in [0.2, 0.25) is 0 Å². The fourth-order valence-corrected chi connectivity index (χ4v) is 3.70. The number of hydrogen-bond acceptors (Lipinski definition) is 5. The van der Waals surface area contributed by atoms with Gasteiger partial charge in [0.1, 0.15) is 23.0 Å². The first kappa shape index (κ1) is 20.4. The quantitative estimate of drug-likeness (QED) is 0.553. The molecule has 2 aromatic carbocycles. The van der Waals surface area contributed by atoms with Crippen molar-refractivity contribution in [1.82, 2.24) is 0 Å². The maximum atomic E-state index is 13.5. The zero-order valence-electron chi connectivity index (χ0n) is 17.5. The third-order valence-electron chi connectivity index (χ3n) is 5.04. The van der Waals surface area contributed by atoms with Crippen molar-refractivity contribution in [2.45, 2.75) is 27.7 Å². The number of rotatable bonds is 6. The summed E-state index contributed by atoms with van der Waals surface area (Å²) in [6.45, 7) is 7.11. The second-order valence-electron chi connectivity index (χ2n) is 6.93. The third-order valence-corrected chi connectivity index (χ3v) is 5.04. The Hall–Kier alpha value is -3.34. The minimum Gasteiger partial charge on any atom is -0.496 e. The van der Waals surface area contributed by atoms with Crippen LogP contribution in [-0.2, 0) is 0 Å². The van der Waals surface area contributed by atoms with Gasteiger partial charge in [-0.25, -0.2) is 0 Å². The van der Waals surface area contributed by atoms with E-state index in [2.05, 4.69) is 0 Å². The van der Waals surface area contributed by atoms with Gasteiger partial charge in [0, 0.05) is 0 Å². The first-order chi connectivity index (χ1) is 13.8. The van der Waals surface area contributed by atoms with Crippen LogP contribution in [0.25, 0.3) is 0 Å². The Balaban J connectivity index is 2.21. The summed E-state index contributed by atoms with van der Waals surface area (Å²) in [5, 5.41) is 0. The predicted octanol–water partition coefficient (Wildman–Crippen LogP) is 4.99. The van der Waals surface area contributed by atoms with E-state index >= 15 is 0 Å². The fraction of sp³-hybridized carbons (Fsp3) is 0.250. The molecule has 0 bridgehead atoms. The highest BCUT2D eigenvalue weighted by Crippen LogP contribution is 2.33. The number of para-hydroxylation sites is 2. The normalized spacial score (nSPS) is 10.7. The van der Waals surface area contributed by atoms with Crippen molar-refractivity contribution >= 4 is 11.6 Å². The molecular formula is C24H24O5. The zero-order chi connectivity index (χ0) is 21.3. The molecule has 150 valence electrons. The van der Waals surface area contributed by atoms with E-state index in [0.29, 0.717) is 34.1 Å². The van der Waals surface area contributed by atoms with Gasteiger partial charge in [0.25, 0.3) is 0 Å². The third kappa shape index (κ3) is 3.44. The molecular weight excluding hydrogens is 368 g/mol. The first-order valence-electron chi connectivity index (χ1n) is 9.28. The highest BCUT2D eigenvalue weighted by molar-refractivity contribution is 6.22. The zero-order valence-corrected chi connectivity index (χ0v) is 17.5. The molecule has 0 amide bonds. The van der Waals surface area contributed by atoms with Crippen LogP contribution >= 0.6 is 0 Å². The molecule has 0 spiro atoms. The summed E-state index contributed by atoms with van der Waals surface area (Å²) >= 11 is 0. The number of carbonyl (C=O) groups is 2. The van der Waals surface area contributed by atoms with Gasteiger partial charge < -0.3 is 13.9 Å². The van der Waals surface area contributed by atoms with Crippen molar-refractivity contribution in [3.63, 3.8) is 0 Å². The largest absolute Gasteiger partial charge is 0.496 e. The lowest BCUT2D eigenvalue weighted by molar-refractivity contribution is 0.1000. The van der Waals surface area contributed by atoms with E-state index in [4.69, 9.17) is 13.9 Å². The number of furan rings is 1. The highest BCUT2D eigenvalue weighted by Gasteiger charge is 2.30. The van der Waals surface area contributed by atoms with Crippen molar-refractivity contribution < 1.29 is 23.5 Å². The van der Waals surface area contributed by atoms with Gasteiger partial charge in [0.05, 0.1) is 36.5 Å². The molecule has 1 aromatic heterocycles. The number of carbonyl (C=O) groups excluding carboxylic acids is 2. The maximum absolute atomic E-state index is 13.5. The van der Waals surface area contributed by atoms with E-state index in [1.807, 2.05) is 26.0 Å². The van der Waals surface area contributed by atoms with Gasteiger partial charge in [-0.05, 0) is 51.0 Å². The Morgan fingerprint density at radius 1 is 0.690 bits per heavy atom. The van der Waals surface area contributed by atoms with Crippen molar-refractivity contribution in [3.05, 3.63) is 81.3 Å². The van der Waals surface area contributed by atoms with E-state index in [-0.39, 0.29) is 22.7 Å². The van der Waals surface area contributed by atoms with Crippen molar-refractivity contribution in [2.75, 3.05) is 14.2 Å². The average Bonchev–Trinajstić information content (AvgIpc) is 3.00. The molecule has 0 aliphatic heterocycles. The average molecular weight is 392 g/mol. The summed E-state index contributed by atoms with van der Waals surface area (Å²) in [7, 11) is 3.05. The Bertz CT molecular complexity index is 1020. The minimum atomic E-state index is -0.310. The molecule has 0 N–H and O–H groups in total. The van der Waals surface area contributed by atoms with E-state index in [9.17, 15) is 9.59 Å². The van der Waals surface area contributed by atoms with Crippen LogP contribution in [0, 0.1) is 27.7 Å². The number of ketones is 2. The number of ether oxygens (including phenoxy) is 2. The summed E-state index contributed by atoms with van der Waals surface area (Å²) in [6, 6.07) is 10.7. The molecule has 3 rings (SSSR count). The highest BCUT2D eigenvalue weighted by atomic mass is 16.5. The van der Waals surface area contributed by atoms with E-state index in [1.165, 1.54) is 14.2 Å². The molecule has 29 heavy (non-hydrogen) atoms. The van der Waals surface area contributed by atoms with Crippen LogP contribution < -0.4 is 9.47 Å². The summed E-state index contributed by atoms with van der Waals surface area (Å²) in [5.41, 5.74) is 2.96. The Kier molecular flexibility index (Phi) is 5.59.